The molecule has 2 heteroatoms. The van der Waals surface area contributed by atoms with E-state index in [1.807, 2.05) is 24.3 Å². The van der Waals surface area contributed by atoms with Gasteiger partial charge in [-0.2, -0.15) is 10.5 Å². The van der Waals surface area contributed by atoms with Crippen LogP contribution in [0.25, 0.3) is 54.6 Å². The third-order valence-corrected chi connectivity index (χ3v) is 7.52. The van der Waals surface area contributed by atoms with Crippen LogP contribution in [-0.4, -0.2) is 0 Å². The third-order valence-electron chi connectivity index (χ3n) is 7.52. The van der Waals surface area contributed by atoms with Crippen molar-refractivity contribution in [3.63, 3.8) is 0 Å². The Kier molecular flexibility index (Phi) is 5.48. The van der Waals surface area contributed by atoms with Gasteiger partial charge in [-0.15, -0.1) is 0 Å². The second kappa shape index (κ2) is 8.88. The van der Waals surface area contributed by atoms with E-state index in [1.165, 1.54) is 32.5 Å². The van der Waals surface area contributed by atoms with Crippen LogP contribution >= 0.6 is 0 Å². The summed E-state index contributed by atoms with van der Waals surface area (Å²) in [6.07, 6.45) is 0. The Morgan fingerprint density at radius 1 is 0.474 bits per heavy atom. The minimum atomic E-state index is 0.0455. The summed E-state index contributed by atoms with van der Waals surface area (Å²) >= 11 is 0. The average molecular weight is 487 g/mol. The summed E-state index contributed by atoms with van der Waals surface area (Å²) in [6.45, 7) is 6.54. The first-order valence-electron chi connectivity index (χ1n) is 12.8. The van der Waals surface area contributed by atoms with Crippen molar-refractivity contribution in [3.8, 4) is 34.4 Å². The van der Waals surface area contributed by atoms with E-state index in [0.29, 0.717) is 11.1 Å². The fourth-order valence-corrected chi connectivity index (χ4v) is 5.49. The standard InChI is InChI=1S/C36H26N2/c1-36(2,3)27-15-12-23(13-16-27)33-19-26(22-38)34(20-25(33)21-37)24-14-17-32-30-10-5-4-8-28(30)29-9-6-7-11-31(29)35(32)18-24/h4-20H,1-3H3. The van der Waals surface area contributed by atoms with Gasteiger partial charge >= 0.3 is 0 Å². The minimum absolute atomic E-state index is 0.0455. The molecule has 0 amide bonds. The molecule has 0 N–H and O–H groups in total. The molecule has 0 aliphatic heterocycles. The lowest BCUT2D eigenvalue weighted by molar-refractivity contribution is 0.590. The topological polar surface area (TPSA) is 47.6 Å². The zero-order chi connectivity index (χ0) is 26.4. The summed E-state index contributed by atoms with van der Waals surface area (Å²) < 4.78 is 0. The fourth-order valence-electron chi connectivity index (χ4n) is 5.49. The van der Waals surface area contributed by atoms with Gasteiger partial charge in [0.05, 0.1) is 23.3 Å². The van der Waals surface area contributed by atoms with Gasteiger partial charge in [-0.3, -0.25) is 0 Å². The monoisotopic (exact) mass is 486 g/mol. The Labute approximate surface area is 223 Å². The predicted octanol–water partition coefficient (Wildman–Crippen LogP) is 9.52. The first-order valence-corrected chi connectivity index (χ1v) is 12.8. The molecule has 6 aromatic rings. The molecule has 38 heavy (non-hydrogen) atoms. The number of hydrogen-bond acceptors (Lipinski definition) is 2. The van der Waals surface area contributed by atoms with Gasteiger partial charge in [0.2, 0.25) is 0 Å². The van der Waals surface area contributed by atoms with Gasteiger partial charge in [0, 0.05) is 11.1 Å². The van der Waals surface area contributed by atoms with Crippen molar-refractivity contribution in [1.82, 2.24) is 0 Å². The normalized spacial score (nSPS) is 11.5. The van der Waals surface area contributed by atoms with Gasteiger partial charge < -0.3 is 0 Å². The van der Waals surface area contributed by atoms with Crippen LogP contribution in [0.2, 0.25) is 0 Å². The minimum Gasteiger partial charge on any atom is -0.192 e. The summed E-state index contributed by atoms with van der Waals surface area (Å²) in [5, 5.41) is 27.4. The molecule has 0 aliphatic rings. The lowest BCUT2D eigenvalue weighted by Crippen LogP contribution is -2.10. The Morgan fingerprint density at radius 3 is 1.37 bits per heavy atom. The number of benzene rings is 6. The lowest BCUT2D eigenvalue weighted by atomic mass is 9.85. The maximum atomic E-state index is 10.2. The van der Waals surface area contributed by atoms with Crippen molar-refractivity contribution in [3.05, 3.63) is 120 Å². The SMILES string of the molecule is CC(C)(C)c1ccc(-c2cc(C#N)c(-c3ccc4c5ccccc5c5ccccc5c4c3)cc2C#N)cc1. The third kappa shape index (κ3) is 3.80. The van der Waals surface area contributed by atoms with Crippen LogP contribution in [0.4, 0.5) is 0 Å². The first kappa shape index (κ1) is 23.5. The van der Waals surface area contributed by atoms with Crippen molar-refractivity contribution in [2.45, 2.75) is 26.2 Å². The number of hydrogen-bond donors (Lipinski definition) is 0. The fraction of sp³-hybridized carbons (Fsp3) is 0.111. The molecule has 6 rings (SSSR count). The van der Waals surface area contributed by atoms with Crippen LogP contribution in [0.5, 0.6) is 0 Å². The molecular weight excluding hydrogens is 460 g/mol. The molecule has 2 nitrogen and oxygen atoms in total. The molecule has 0 saturated carbocycles. The Hall–Kier alpha value is -4.92. The van der Waals surface area contributed by atoms with Crippen molar-refractivity contribution >= 4 is 32.3 Å². The highest BCUT2D eigenvalue weighted by atomic mass is 14.3. The maximum Gasteiger partial charge on any atom is 0.0998 e. The van der Waals surface area contributed by atoms with Gasteiger partial charge in [0.25, 0.3) is 0 Å². The van der Waals surface area contributed by atoms with E-state index in [9.17, 15) is 10.5 Å². The number of nitrogens with zero attached hydrogens (tertiary/aromatic N) is 2. The average Bonchev–Trinajstić information content (AvgIpc) is 2.96. The molecule has 0 unspecified atom stereocenters. The van der Waals surface area contributed by atoms with Gasteiger partial charge in [0.1, 0.15) is 0 Å². The largest absolute Gasteiger partial charge is 0.192 e. The Balaban J connectivity index is 1.56. The van der Waals surface area contributed by atoms with Gasteiger partial charge in [-0.05, 0) is 72.6 Å². The van der Waals surface area contributed by atoms with Crippen LogP contribution in [0.1, 0.15) is 37.5 Å². The van der Waals surface area contributed by atoms with E-state index in [2.05, 4.69) is 112 Å². The lowest BCUT2D eigenvalue weighted by Gasteiger charge is -2.19. The molecule has 0 fully saturated rings. The summed E-state index contributed by atoms with van der Waals surface area (Å²) in [7, 11) is 0. The molecule has 0 aromatic heterocycles. The van der Waals surface area contributed by atoms with E-state index in [4.69, 9.17) is 0 Å². The van der Waals surface area contributed by atoms with E-state index < -0.39 is 0 Å². The van der Waals surface area contributed by atoms with E-state index >= 15 is 0 Å². The van der Waals surface area contributed by atoms with E-state index in [0.717, 1.165) is 27.6 Å². The summed E-state index contributed by atoms with van der Waals surface area (Å²) in [5.74, 6) is 0. The van der Waals surface area contributed by atoms with E-state index in [-0.39, 0.29) is 5.41 Å². The van der Waals surface area contributed by atoms with Gasteiger partial charge in [0.15, 0.2) is 0 Å². The van der Waals surface area contributed by atoms with Crippen LogP contribution in [0.3, 0.4) is 0 Å². The van der Waals surface area contributed by atoms with Crippen molar-refractivity contribution < 1.29 is 0 Å². The Bertz CT molecular complexity index is 1920. The van der Waals surface area contributed by atoms with Gasteiger partial charge in [-0.25, -0.2) is 0 Å². The highest BCUT2D eigenvalue weighted by molar-refractivity contribution is 6.25. The molecule has 0 saturated heterocycles. The molecule has 6 aromatic carbocycles. The molecule has 0 heterocycles. The second-order valence-corrected chi connectivity index (χ2v) is 10.8. The molecule has 0 aliphatic carbocycles. The predicted molar refractivity (Wildman–Crippen MR) is 158 cm³/mol. The smallest absolute Gasteiger partial charge is 0.0998 e. The molecular formula is C36H26N2. The molecule has 0 atom stereocenters. The van der Waals surface area contributed by atoms with Crippen LogP contribution in [0.15, 0.2) is 103 Å². The summed E-state index contributed by atoms with van der Waals surface area (Å²) in [5.41, 5.74) is 5.82. The maximum absolute atomic E-state index is 10.2. The van der Waals surface area contributed by atoms with Crippen LogP contribution in [-0.2, 0) is 5.41 Å². The quantitative estimate of drug-likeness (QED) is 0.229. The van der Waals surface area contributed by atoms with Crippen molar-refractivity contribution in [1.29, 1.82) is 10.5 Å². The first-order chi connectivity index (χ1) is 18.4. The molecule has 180 valence electrons. The highest BCUT2D eigenvalue weighted by Crippen LogP contribution is 2.39. The molecule has 0 bridgehead atoms. The zero-order valence-electron chi connectivity index (χ0n) is 21.7. The molecule has 0 spiro atoms. The van der Waals surface area contributed by atoms with E-state index in [1.54, 1.807) is 0 Å². The summed E-state index contributed by atoms with van der Waals surface area (Å²) in [4.78, 5) is 0. The zero-order valence-corrected chi connectivity index (χ0v) is 21.7. The number of rotatable bonds is 2. The number of nitriles is 2. The Morgan fingerprint density at radius 2 is 0.895 bits per heavy atom. The second-order valence-electron chi connectivity index (χ2n) is 10.8. The van der Waals surface area contributed by atoms with Crippen molar-refractivity contribution in [2.24, 2.45) is 0 Å². The molecule has 0 radical (unpaired) electrons. The highest BCUT2D eigenvalue weighted by Gasteiger charge is 2.17. The number of fused-ring (bicyclic) bond motifs is 6. The summed E-state index contributed by atoms with van der Waals surface area (Å²) in [6, 6.07) is 40.1. The van der Waals surface area contributed by atoms with Crippen molar-refractivity contribution in [2.75, 3.05) is 0 Å². The van der Waals surface area contributed by atoms with Gasteiger partial charge in [-0.1, -0.05) is 106 Å². The van der Waals surface area contributed by atoms with Crippen LogP contribution < -0.4 is 0 Å². The van der Waals surface area contributed by atoms with Crippen LogP contribution in [0, 0.1) is 22.7 Å².